The largest absolute Gasteiger partial charge is 0.496 e. The molecule has 6 heteroatoms. The summed E-state index contributed by atoms with van der Waals surface area (Å²) in [5.41, 5.74) is -0.502. The summed E-state index contributed by atoms with van der Waals surface area (Å²) in [6.07, 6.45) is -0.545. The Bertz CT molecular complexity index is 609. The number of ketones is 1. The van der Waals surface area contributed by atoms with E-state index < -0.39 is 23.5 Å². The number of ether oxygens (including phenoxy) is 3. The first-order chi connectivity index (χ1) is 10.3. The number of aliphatic hydroxyl groups is 1. The molecule has 2 rings (SSSR count). The van der Waals surface area contributed by atoms with Gasteiger partial charge >= 0.3 is 5.97 Å². The van der Waals surface area contributed by atoms with E-state index in [0.29, 0.717) is 23.5 Å². The molecule has 0 amide bonds. The molecule has 0 saturated heterocycles. The standard InChI is InChI=1S/C16H20O6/c1-9(17)16(19)8-7-11-12(20-3)5-6-13(21-4)14(11)15(16)22-10(2)18/h5-6,15,19H,7-8H2,1-4H3/t15-,16-/m0/s1. The third-order valence-corrected chi connectivity index (χ3v) is 4.06. The molecule has 1 aliphatic rings. The highest BCUT2D eigenvalue weighted by Crippen LogP contribution is 2.47. The summed E-state index contributed by atoms with van der Waals surface area (Å²) in [5.74, 6) is 0.0247. The van der Waals surface area contributed by atoms with E-state index in [1.807, 2.05) is 0 Å². The summed E-state index contributed by atoms with van der Waals surface area (Å²) < 4.78 is 16.0. The number of esters is 1. The summed E-state index contributed by atoms with van der Waals surface area (Å²) in [7, 11) is 3.02. The van der Waals surface area contributed by atoms with E-state index in [2.05, 4.69) is 0 Å². The van der Waals surface area contributed by atoms with Crippen LogP contribution in [0.25, 0.3) is 0 Å². The van der Waals surface area contributed by atoms with Crippen molar-refractivity contribution in [1.82, 2.24) is 0 Å². The fourth-order valence-electron chi connectivity index (χ4n) is 2.91. The molecule has 1 aromatic carbocycles. The Hall–Kier alpha value is -2.08. The van der Waals surface area contributed by atoms with Crippen molar-refractivity contribution >= 4 is 11.8 Å². The summed E-state index contributed by atoms with van der Waals surface area (Å²) in [5, 5.41) is 10.8. The lowest BCUT2D eigenvalue weighted by Gasteiger charge is -2.39. The first-order valence-corrected chi connectivity index (χ1v) is 6.99. The van der Waals surface area contributed by atoms with Crippen LogP contribution in [0.4, 0.5) is 0 Å². The van der Waals surface area contributed by atoms with Gasteiger partial charge in [-0.1, -0.05) is 0 Å². The smallest absolute Gasteiger partial charge is 0.303 e. The SMILES string of the molecule is COc1ccc(OC)c2c1CC[C@](O)(C(C)=O)[C@H]2OC(C)=O. The molecule has 0 heterocycles. The third-order valence-electron chi connectivity index (χ3n) is 4.06. The number of rotatable bonds is 4. The monoisotopic (exact) mass is 308 g/mol. The minimum Gasteiger partial charge on any atom is -0.496 e. The highest BCUT2D eigenvalue weighted by molar-refractivity contribution is 5.87. The first kappa shape index (κ1) is 16.3. The molecule has 0 spiro atoms. The maximum Gasteiger partial charge on any atom is 0.303 e. The highest BCUT2D eigenvalue weighted by Gasteiger charge is 2.50. The maximum atomic E-state index is 12.0. The van der Waals surface area contributed by atoms with Crippen molar-refractivity contribution < 1.29 is 28.9 Å². The Labute approximate surface area is 129 Å². The average molecular weight is 308 g/mol. The van der Waals surface area contributed by atoms with E-state index in [-0.39, 0.29) is 6.42 Å². The van der Waals surface area contributed by atoms with Crippen LogP contribution in [0, 0.1) is 0 Å². The maximum absolute atomic E-state index is 12.0. The summed E-state index contributed by atoms with van der Waals surface area (Å²) in [6, 6.07) is 3.42. The van der Waals surface area contributed by atoms with E-state index in [1.165, 1.54) is 28.1 Å². The van der Waals surface area contributed by atoms with Gasteiger partial charge in [-0.15, -0.1) is 0 Å². The van der Waals surface area contributed by atoms with Crippen LogP contribution in [-0.2, 0) is 20.7 Å². The Balaban J connectivity index is 2.69. The van der Waals surface area contributed by atoms with Crippen molar-refractivity contribution in [1.29, 1.82) is 0 Å². The molecule has 0 aliphatic heterocycles. The minimum absolute atomic E-state index is 0.150. The molecule has 120 valence electrons. The predicted octanol–water partition coefficient (Wildman–Crippen LogP) is 1.57. The molecule has 1 N–H and O–H groups in total. The van der Waals surface area contributed by atoms with Crippen molar-refractivity contribution in [3.8, 4) is 11.5 Å². The number of hydrogen-bond acceptors (Lipinski definition) is 6. The normalized spacial score (nSPS) is 23.4. The molecule has 0 fully saturated rings. The van der Waals surface area contributed by atoms with Crippen LogP contribution >= 0.6 is 0 Å². The van der Waals surface area contributed by atoms with Gasteiger partial charge in [0.1, 0.15) is 11.5 Å². The Morgan fingerprint density at radius 3 is 2.27 bits per heavy atom. The highest BCUT2D eigenvalue weighted by atomic mass is 16.6. The van der Waals surface area contributed by atoms with Crippen LogP contribution < -0.4 is 9.47 Å². The Morgan fingerprint density at radius 2 is 1.77 bits per heavy atom. The molecular weight excluding hydrogens is 288 g/mol. The molecular formula is C16H20O6. The summed E-state index contributed by atoms with van der Waals surface area (Å²) >= 11 is 0. The lowest BCUT2D eigenvalue weighted by molar-refractivity contribution is -0.173. The van der Waals surface area contributed by atoms with Gasteiger partial charge < -0.3 is 19.3 Å². The number of fused-ring (bicyclic) bond motifs is 1. The van der Waals surface area contributed by atoms with E-state index >= 15 is 0 Å². The van der Waals surface area contributed by atoms with Gasteiger partial charge in [0.25, 0.3) is 0 Å². The summed E-state index contributed by atoms with van der Waals surface area (Å²) in [6.45, 7) is 2.52. The molecule has 0 aromatic heterocycles. The zero-order valence-electron chi connectivity index (χ0n) is 13.1. The zero-order chi connectivity index (χ0) is 16.5. The number of carbonyl (C=O) groups excluding carboxylic acids is 2. The van der Waals surface area contributed by atoms with Crippen LogP contribution in [0.1, 0.15) is 37.5 Å². The molecule has 1 aromatic rings. The zero-order valence-corrected chi connectivity index (χ0v) is 13.1. The fraction of sp³-hybridized carbons (Fsp3) is 0.500. The van der Waals surface area contributed by atoms with Crippen LogP contribution in [0.15, 0.2) is 12.1 Å². The quantitative estimate of drug-likeness (QED) is 0.850. The third kappa shape index (κ3) is 2.54. The molecule has 0 bridgehead atoms. The van der Waals surface area contributed by atoms with Gasteiger partial charge in [0, 0.05) is 18.1 Å². The van der Waals surface area contributed by atoms with Gasteiger partial charge in [0.05, 0.1) is 14.2 Å². The van der Waals surface area contributed by atoms with Gasteiger partial charge in [-0.05, 0) is 31.9 Å². The number of benzene rings is 1. The second kappa shape index (κ2) is 5.96. The van der Waals surface area contributed by atoms with Crippen LogP contribution in [-0.4, -0.2) is 36.7 Å². The number of Topliss-reactive ketones (excluding diaryl/α,β-unsaturated/α-hetero) is 1. The molecule has 0 unspecified atom stereocenters. The lowest BCUT2D eigenvalue weighted by Crippen LogP contribution is -2.48. The van der Waals surface area contributed by atoms with Crippen LogP contribution in [0.5, 0.6) is 11.5 Å². The van der Waals surface area contributed by atoms with E-state index in [9.17, 15) is 14.7 Å². The van der Waals surface area contributed by atoms with Crippen LogP contribution in [0.2, 0.25) is 0 Å². The number of methoxy groups -OCH3 is 2. The average Bonchev–Trinajstić information content (AvgIpc) is 2.48. The fourth-order valence-corrected chi connectivity index (χ4v) is 2.91. The van der Waals surface area contributed by atoms with Gasteiger partial charge in [-0.2, -0.15) is 0 Å². The van der Waals surface area contributed by atoms with Gasteiger partial charge in [0.2, 0.25) is 0 Å². The first-order valence-electron chi connectivity index (χ1n) is 6.99. The van der Waals surface area contributed by atoms with Gasteiger partial charge in [-0.3, -0.25) is 9.59 Å². The molecule has 6 nitrogen and oxygen atoms in total. The molecule has 2 atom stereocenters. The van der Waals surface area contributed by atoms with Crippen molar-refractivity contribution in [2.75, 3.05) is 14.2 Å². The Morgan fingerprint density at radius 1 is 1.18 bits per heavy atom. The topological polar surface area (TPSA) is 82.1 Å². The van der Waals surface area contributed by atoms with E-state index in [0.717, 1.165) is 5.56 Å². The number of carbonyl (C=O) groups is 2. The van der Waals surface area contributed by atoms with E-state index in [1.54, 1.807) is 12.1 Å². The Kier molecular flexibility index (Phi) is 4.42. The molecule has 0 radical (unpaired) electrons. The van der Waals surface area contributed by atoms with Crippen molar-refractivity contribution in [3.63, 3.8) is 0 Å². The van der Waals surface area contributed by atoms with Crippen molar-refractivity contribution in [3.05, 3.63) is 23.3 Å². The van der Waals surface area contributed by atoms with Crippen LogP contribution in [0.3, 0.4) is 0 Å². The van der Waals surface area contributed by atoms with Gasteiger partial charge in [0.15, 0.2) is 17.5 Å². The molecule has 1 aliphatic carbocycles. The van der Waals surface area contributed by atoms with Crippen molar-refractivity contribution in [2.45, 2.75) is 38.4 Å². The predicted molar refractivity (Wildman–Crippen MR) is 78.0 cm³/mol. The molecule has 0 saturated carbocycles. The van der Waals surface area contributed by atoms with E-state index in [4.69, 9.17) is 14.2 Å². The lowest BCUT2D eigenvalue weighted by atomic mass is 9.75. The molecule has 22 heavy (non-hydrogen) atoms. The number of hydrogen-bond donors (Lipinski definition) is 1. The van der Waals surface area contributed by atoms with Crippen molar-refractivity contribution in [2.24, 2.45) is 0 Å². The summed E-state index contributed by atoms with van der Waals surface area (Å²) in [4.78, 5) is 23.4. The minimum atomic E-state index is -1.77. The second-order valence-corrected chi connectivity index (χ2v) is 5.33. The second-order valence-electron chi connectivity index (χ2n) is 5.33. The van der Waals surface area contributed by atoms with Gasteiger partial charge in [-0.25, -0.2) is 0 Å².